The largest absolute Gasteiger partial charge is 0.497 e. The molecule has 98 valence electrons. The lowest BCUT2D eigenvalue weighted by molar-refractivity contribution is 0.135. The zero-order valence-corrected chi connectivity index (χ0v) is 11.1. The molecule has 1 atom stereocenters. The Morgan fingerprint density at radius 1 is 1.39 bits per heavy atom. The minimum absolute atomic E-state index is 0.182. The summed E-state index contributed by atoms with van der Waals surface area (Å²) < 4.78 is 11.3. The van der Waals surface area contributed by atoms with E-state index in [0.717, 1.165) is 30.8 Å². The Kier molecular flexibility index (Phi) is 4.51. The summed E-state index contributed by atoms with van der Waals surface area (Å²) in [5.74, 6) is 0.902. The number of ether oxygens (including phenoxy) is 2. The minimum atomic E-state index is 0.182. The second kappa shape index (κ2) is 6.34. The molecule has 0 aliphatic carbocycles. The van der Waals surface area contributed by atoms with Crippen molar-refractivity contribution in [3.05, 3.63) is 36.6 Å². The zero-order chi connectivity index (χ0) is 12.8. The molecule has 3 heteroatoms. The SMILES string of the molecule is CC(C)Oc1ccccc1NCC1CCC=CO1. The summed E-state index contributed by atoms with van der Waals surface area (Å²) >= 11 is 0. The monoisotopic (exact) mass is 247 g/mol. The molecule has 0 fully saturated rings. The Morgan fingerprint density at radius 3 is 2.94 bits per heavy atom. The number of rotatable bonds is 5. The van der Waals surface area contributed by atoms with Crippen molar-refractivity contribution in [2.45, 2.75) is 38.9 Å². The van der Waals surface area contributed by atoms with Gasteiger partial charge in [-0.2, -0.15) is 0 Å². The van der Waals surface area contributed by atoms with Gasteiger partial charge in [0.15, 0.2) is 0 Å². The van der Waals surface area contributed by atoms with Gasteiger partial charge in [-0.05, 0) is 44.9 Å². The van der Waals surface area contributed by atoms with Crippen LogP contribution in [0.5, 0.6) is 5.75 Å². The lowest BCUT2D eigenvalue weighted by Crippen LogP contribution is -2.23. The first-order valence-corrected chi connectivity index (χ1v) is 6.55. The first-order chi connectivity index (χ1) is 8.75. The molecule has 1 aliphatic rings. The molecule has 1 N–H and O–H groups in total. The molecule has 1 heterocycles. The normalized spacial score (nSPS) is 18.5. The summed E-state index contributed by atoms with van der Waals surface area (Å²) in [6.07, 6.45) is 6.45. The van der Waals surface area contributed by atoms with Gasteiger partial charge in [-0.3, -0.25) is 0 Å². The van der Waals surface area contributed by atoms with Gasteiger partial charge in [-0.15, -0.1) is 0 Å². The molecule has 0 amide bonds. The number of anilines is 1. The molecule has 18 heavy (non-hydrogen) atoms. The van der Waals surface area contributed by atoms with E-state index in [0.29, 0.717) is 0 Å². The Labute approximate surface area is 109 Å². The van der Waals surface area contributed by atoms with Gasteiger partial charge in [0.05, 0.1) is 24.6 Å². The zero-order valence-electron chi connectivity index (χ0n) is 11.1. The Balaban J connectivity index is 1.93. The van der Waals surface area contributed by atoms with Crippen molar-refractivity contribution in [1.82, 2.24) is 0 Å². The topological polar surface area (TPSA) is 30.5 Å². The predicted molar refractivity (Wildman–Crippen MR) is 73.9 cm³/mol. The maximum absolute atomic E-state index is 5.77. The van der Waals surface area contributed by atoms with Crippen LogP contribution in [0.25, 0.3) is 0 Å². The summed E-state index contributed by atoms with van der Waals surface area (Å²) in [6, 6.07) is 8.03. The first-order valence-electron chi connectivity index (χ1n) is 6.55. The minimum Gasteiger partial charge on any atom is -0.497 e. The molecule has 2 rings (SSSR count). The lowest BCUT2D eigenvalue weighted by atomic mass is 10.1. The Bertz CT molecular complexity index is 401. The quantitative estimate of drug-likeness (QED) is 0.862. The Morgan fingerprint density at radius 2 is 2.22 bits per heavy atom. The van der Waals surface area contributed by atoms with Gasteiger partial charge in [0.2, 0.25) is 0 Å². The van der Waals surface area contributed by atoms with E-state index >= 15 is 0 Å². The molecule has 3 nitrogen and oxygen atoms in total. The van der Waals surface area contributed by atoms with Gasteiger partial charge < -0.3 is 14.8 Å². The highest BCUT2D eigenvalue weighted by molar-refractivity contribution is 5.56. The van der Waals surface area contributed by atoms with E-state index in [9.17, 15) is 0 Å². The third-order valence-corrected chi connectivity index (χ3v) is 2.79. The molecular weight excluding hydrogens is 226 g/mol. The lowest BCUT2D eigenvalue weighted by Gasteiger charge is -2.21. The number of benzene rings is 1. The number of allylic oxidation sites excluding steroid dienone is 1. The van der Waals surface area contributed by atoms with Crippen LogP contribution in [0.4, 0.5) is 5.69 Å². The molecule has 0 saturated carbocycles. The second-order valence-corrected chi connectivity index (χ2v) is 4.75. The second-order valence-electron chi connectivity index (χ2n) is 4.75. The van der Waals surface area contributed by atoms with Crippen molar-refractivity contribution in [3.63, 3.8) is 0 Å². The fourth-order valence-electron chi connectivity index (χ4n) is 1.93. The van der Waals surface area contributed by atoms with Crippen molar-refractivity contribution in [2.75, 3.05) is 11.9 Å². The van der Waals surface area contributed by atoms with Crippen LogP contribution in [0.3, 0.4) is 0 Å². The summed E-state index contributed by atoms with van der Waals surface area (Å²) in [6.45, 7) is 4.88. The number of para-hydroxylation sites is 2. The van der Waals surface area contributed by atoms with Crippen LogP contribution in [0, 0.1) is 0 Å². The van der Waals surface area contributed by atoms with Crippen molar-refractivity contribution in [3.8, 4) is 5.75 Å². The van der Waals surface area contributed by atoms with Crippen LogP contribution in [0.15, 0.2) is 36.6 Å². The number of hydrogen-bond acceptors (Lipinski definition) is 3. The van der Waals surface area contributed by atoms with E-state index < -0.39 is 0 Å². The fraction of sp³-hybridized carbons (Fsp3) is 0.467. The molecule has 0 bridgehead atoms. The van der Waals surface area contributed by atoms with Gasteiger partial charge >= 0.3 is 0 Å². The van der Waals surface area contributed by atoms with Gasteiger partial charge in [0.1, 0.15) is 11.9 Å². The molecule has 1 aliphatic heterocycles. The first kappa shape index (κ1) is 12.8. The summed E-state index contributed by atoms with van der Waals surface area (Å²) in [7, 11) is 0. The molecule has 1 unspecified atom stereocenters. The van der Waals surface area contributed by atoms with Gasteiger partial charge in [-0.25, -0.2) is 0 Å². The average Bonchev–Trinajstić information content (AvgIpc) is 2.38. The standard InChI is InChI=1S/C15H21NO2/c1-12(2)18-15-9-4-3-8-14(15)16-11-13-7-5-6-10-17-13/h3-4,6,8-10,12-13,16H,5,7,11H2,1-2H3. The van der Waals surface area contributed by atoms with E-state index in [1.807, 2.05) is 38.1 Å². The predicted octanol–water partition coefficient (Wildman–Crippen LogP) is 3.58. The number of nitrogens with one attached hydrogen (secondary N) is 1. The third kappa shape index (κ3) is 3.69. The molecule has 0 radical (unpaired) electrons. The maximum atomic E-state index is 5.77. The highest BCUT2D eigenvalue weighted by atomic mass is 16.5. The molecule has 1 aromatic rings. The van der Waals surface area contributed by atoms with Crippen LogP contribution in [0.1, 0.15) is 26.7 Å². The van der Waals surface area contributed by atoms with E-state index in [1.54, 1.807) is 6.26 Å². The fourth-order valence-corrected chi connectivity index (χ4v) is 1.93. The average molecular weight is 247 g/mol. The third-order valence-electron chi connectivity index (χ3n) is 2.79. The molecule has 0 saturated heterocycles. The summed E-state index contributed by atoms with van der Waals surface area (Å²) in [5, 5.41) is 3.40. The smallest absolute Gasteiger partial charge is 0.142 e. The van der Waals surface area contributed by atoms with E-state index in [-0.39, 0.29) is 12.2 Å². The molecule has 0 spiro atoms. The van der Waals surface area contributed by atoms with Crippen LogP contribution in [-0.4, -0.2) is 18.8 Å². The number of hydrogen-bond donors (Lipinski definition) is 1. The molecular formula is C15H21NO2. The van der Waals surface area contributed by atoms with Crippen LogP contribution in [-0.2, 0) is 4.74 Å². The van der Waals surface area contributed by atoms with E-state index in [4.69, 9.17) is 9.47 Å². The van der Waals surface area contributed by atoms with E-state index in [2.05, 4.69) is 11.4 Å². The van der Waals surface area contributed by atoms with Gasteiger partial charge in [-0.1, -0.05) is 12.1 Å². The summed E-state index contributed by atoms with van der Waals surface area (Å²) in [4.78, 5) is 0. The van der Waals surface area contributed by atoms with Gasteiger partial charge in [0, 0.05) is 0 Å². The van der Waals surface area contributed by atoms with Crippen molar-refractivity contribution >= 4 is 5.69 Å². The van der Waals surface area contributed by atoms with Crippen molar-refractivity contribution in [2.24, 2.45) is 0 Å². The highest BCUT2D eigenvalue weighted by Crippen LogP contribution is 2.25. The van der Waals surface area contributed by atoms with Gasteiger partial charge in [0.25, 0.3) is 0 Å². The van der Waals surface area contributed by atoms with Crippen LogP contribution < -0.4 is 10.1 Å². The molecule has 0 aromatic heterocycles. The summed E-state index contributed by atoms with van der Waals surface area (Å²) in [5.41, 5.74) is 1.03. The van der Waals surface area contributed by atoms with Crippen molar-refractivity contribution in [1.29, 1.82) is 0 Å². The van der Waals surface area contributed by atoms with Crippen LogP contribution in [0.2, 0.25) is 0 Å². The highest BCUT2D eigenvalue weighted by Gasteiger charge is 2.12. The Hall–Kier alpha value is -1.64. The molecule has 1 aromatic carbocycles. The maximum Gasteiger partial charge on any atom is 0.142 e. The van der Waals surface area contributed by atoms with Crippen LogP contribution >= 0.6 is 0 Å². The van der Waals surface area contributed by atoms with Crippen molar-refractivity contribution < 1.29 is 9.47 Å². The van der Waals surface area contributed by atoms with E-state index in [1.165, 1.54) is 0 Å².